The highest BCUT2D eigenvalue weighted by molar-refractivity contribution is 6.18. The molecule has 1 saturated heterocycles. The predicted octanol–water partition coefficient (Wildman–Crippen LogP) is 3.14. The van der Waals surface area contributed by atoms with Gasteiger partial charge in [0.15, 0.2) is 0 Å². The summed E-state index contributed by atoms with van der Waals surface area (Å²) in [6, 6.07) is 6.02. The maximum Gasteiger partial charge on any atom is 0.124 e. The Morgan fingerprint density at radius 1 is 1.50 bits per heavy atom. The van der Waals surface area contributed by atoms with Crippen molar-refractivity contribution in [2.45, 2.75) is 25.9 Å². The smallest absolute Gasteiger partial charge is 0.124 e. The van der Waals surface area contributed by atoms with E-state index in [1.54, 1.807) is 0 Å². The molecule has 2 nitrogen and oxygen atoms in total. The molecule has 0 aromatic heterocycles. The Morgan fingerprint density at radius 2 is 2.39 bits per heavy atom. The molecule has 18 heavy (non-hydrogen) atoms. The third-order valence-electron chi connectivity index (χ3n) is 2.81. The van der Waals surface area contributed by atoms with Crippen LogP contribution in [0.3, 0.4) is 0 Å². The molecule has 1 aliphatic rings. The summed E-state index contributed by atoms with van der Waals surface area (Å²) in [5.41, 5.74) is 2.12. The van der Waals surface area contributed by atoms with Gasteiger partial charge in [-0.25, -0.2) is 0 Å². The molecule has 1 heterocycles. The van der Waals surface area contributed by atoms with E-state index in [9.17, 15) is 0 Å². The average molecular weight is 265 g/mol. The number of hydrogen-bond donors (Lipinski definition) is 0. The third kappa shape index (κ3) is 3.66. The van der Waals surface area contributed by atoms with E-state index in [2.05, 4.69) is 11.8 Å². The van der Waals surface area contributed by atoms with Gasteiger partial charge in [-0.3, -0.25) is 0 Å². The van der Waals surface area contributed by atoms with Gasteiger partial charge in [-0.1, -0.05) is 11.8 Å². The summed E-state index contributed by atoms with van der Waals surface area (Å²) < 4.78 is 11.2. The lowest BCUT2D eigenvalue weighted by molar-refractivity contribution is 0.141. The third-order valence-corrected chi connectivity index (χ3v) is 3.00. The van der Waals surface area contributed by atoms with Gasteiger partial charge in [0.05, 0.1) is 13.2 Å². The van der Waals surface area contributed by atoms with Crippen LogP contribution in [0.25, 0.3) is 0 Å². The molecule has 1 aromatic rings. The van der Waals surface area contributed by atoms with Gasteiger partial charge >= 0.3 is 0 Å². The Bertz CT molecular complexity index is 453. The summed E-state index contributed by atoms with van der Waals surface area (Å²) >= 11 is 5.59. The minimum atomic E-state index is 0.192. The molecule has 96 valence electrons. The zero-order valence-electron chi connectivity index (χ0n) is 10.5. The number of aryl methyl sites for hydroxylation is 1. The van der Waals surface area contributed by atoms with Crippen LogP contribution in [0.5, 0.6) is 5.75 Å². The fraction of sp³-hybridized carbons (Fsp3) is 0.467. The molecule has 1 atom stereocenters. The van der Waals surface area contributed by atoms with Crippen molar-refractivity contribution in [3.05, 3.63) is 29.3 Å². The van der Waals surface area contributed by atoms with Crippen LogP contribution in [0.1, 0.15) is 24.0 Å². The topological polar surface area (TPSA) is 18.5 Å². The molecule has 0 amide bonds. The van der Waals surface area contributed by atoms with Gasteiger partial charge in [-0.15, -0.1) is 11.6 Å². The van der Waals surface area contributed by atoms with Crippen LogP contribution in [0, 0.1) is 18.8 Å². The second-order valence-corrected chi connectivity index (χ2v) is 4.70. The van der Waals surface area contributed by atoms with Crippen LogP contribution >= 0.6 is 11.6 Å². The number of ether oxygens (including phenoxy) is 2. The van der Waals surface area contributed by atoms with Crippen molar-refractivity contribution in [3.63, 3.8) is 0 Å². The Labute approximate surface area is 113 Å². The van der Waals surface area contributed by atoms with Crippen LogP contribution in [0.2, 0.25) is 0 Å². The van der Waals surface area contributed by atoms with E-state index in [-0.39, 0.29) is 6.10 Å². The number of alkyl halides is 1. The Balaban J connectivity index is 2.03. The van der Waals surface area contributed by atoms with E-state index >= 15 is 0 Å². The van der Waals surface area contributed by atoms with Crippen LogP contribution < -0.4 is 4.74 Å². The number of rotatable bonds is 3. The van der Waals surface area contributed by atoms with Gasteiger partial charge in [0.2, 0.25) is 0 Å². The molecule has 0 radical (unpaired) electrons. The molecule has 0 N–H and O–H groups in total. The van der Waals surface area contributed by atoms with Gasteiger partial charge in [0.1, 0.15) is 11.9 Å². The predicted molar refractivity (Wildman–Crippen MR) is 73.2 cm³/mol. The van der Waals surface area contributed by atoms with Gasteiger partial charge < -0.3 is 9.47 Å². The lowest BCUT2D eigenvalue weighted by Crippen LogP contribution is -2.16. The maximum atomic E-state index is 5.89. The van der Waals surface area contributed by atoms with Crippen molar-refractivity contribution in [2.24, 2.45) is 0 Å². The van der Waals surface area contributed by atoms with Crippen molar-refractivity contribution in [2.75, 3.05) is 19.1 Å². The Hall–Kier alpha value is -1.17. The van der Waals surface area contributed by atoms with Crippen LogP contribution in [0.4, 0.5) is 0 Å². The molecule has 1 aliphatic heterocycles. The van der Waals surface area contributed by atoms with E-state index in [4.69, 9.17) is 21.1 Å². The van der Waals surface area contributed by atoms with E-state index in [1.165, 1.54) is 0 Å². The molecule has 1 fully saturated rings. The van der Waals surface area contributed by atoms with Crippen molar-refractivity contribution in [1.82, 2.24) is 0 Å². The first-order valence-corrected chi connectivity index (χ1v) is 6.73. The fourth-order valence-corrected chi connectivity index (χ4v) is 1.95. The zero-order valence-corrected chi connectivity index (χ0v) is 11.3. The minimum absolute atomic E-state index is 0.192. The van der Waals surface area contributed by atoms with E-state index < -0.39 is 0 Å². The molecule has 0 saturated carbocycles. The summed E-state index contributed by atoms with van der Waals surface area (Å²) in [6.07, 6.45) is 1.88. The lowest BCUT2D eigenvalue weighted by Gasteiger charge is -2.14. The number of halogens is 1. The van der Waals surface area contributed by atoms with Gasteiger partial charge in [0.25, 0.3) is 0 Å². The number of benzene rings is 1. The molecule has 0 aliphatic carbocycles. The SMILES string of the molecule is Cc1cc(C#CCCCl)ccc1OC1CCOC1. The molecule has 2 rings (SSSR count). The summed E-state index contributed by atoms with van der Waals surface area (Å²) in [5, 5.41) is 0. The van der Waals surface area contributed by atoms with Crippen LogP contribution in [0.15, 0.2) is 18.2 Å². The summed E-state index contributed by atoms with van der Waals surface area (Å²) in [5.74, 6) is 7.62. The average Bonchev–Trinajstić information content (AvgIpc) is 2.86. The highest BCUT2D eigenvalue weighted by atomic mass is 35.5. The largest absolute Gasteiger partial charge is 0.488 e. The van der Waals surface area contributed by atoms with Gasteiger partial charge in [-0.05, 0) is 30.7 Å². The number of hydrogen-bond acceptors (Lipinski definition) is 2. The van der Waals surface area contributed by atoms with Crippen molar-refractivity contribution < 1.29 is 9.47 Å². The van der Waals surface area contributed by atoms with Crippen molar-refractivity contribution >= 4 is 11.6 Å². The Kier molecular flexibility index (Phi) is 4.92. The molecule has 3 heteroatoms. The first-order chi connectivity index (χ1) is 8.79. The highest BCUT2D eigenvalue weighted by Crippen LogP contribution is 2.22. The van der Waals surface area contributed by atoms with E-state index in [0.29, 0.717) is 12.5 Å². The standard InChI is InChI=1S/C15H17ClO2/c1-12-10-13(4-2-3-8-16)5-6-15(12)18-14-7-9-17-11-14/h5-6,10,14H,3,7-9,11H2,1H3. The lowest BCUT2D eigenvalue weighted by atomic mass is 10.1. The van der Waals surface area contributed by atoms with Crippen LogP contribution in [-0.2, 0) is 4.74 Å². The second kappa shape index (κ2) is 6.68. The van der Waals surface area contributed by atoms with Crippen molar-refractivity contribution in [3.8, 4) is 17.6 Å². The summed E-state index contributed by atoms with van der Waals surface area (Å²) in [7, 11) is 0. The molecular formula is C15H17ClO2. The summed E-state index contributed by atoms with van der Waals surface area (Å²) in [4.78, 5) is 0. The first-order valence-electron chi connectivity index (χ1n) is 6.19. The summed E-state index contributed by atoms with van der Waals surface area (Å²) in [6.45, 7) is 3.53. The molecule has 1 aromatic carbocycles. The highest BCUT2D eigenvalue weighted by Gasteiger charge is 2.17. The normalized spacial score (nSPS) is 18.2. The molecular weight excluding hydrogens is 248 g/mol. The van der Waals surface area contributed by atoms with Crippen LogP contribution in [-0.4, -0.2) is 25.2 Å². The second-order valence-electron chi connectivity index (χ2n) is 4.32. The van der Waals surface area contributed by atoms with Gasteiger partial charge in [-0.2, -0.15) is 0 Å². The Morgan fingerprint density at radius 3 is 3.06 bits per heavy atom. The maximum absolute atomic E-state index is 5.89. The molecule has 1 unspecified atom stereocenters. The molecule has 0 spiro atoms. The quantitative estimate of drug-likeness (QED) is 0.617. The monoisotopic (exact) mass is 264 g/mol. The molecule has 0 bridgehead atoms. The van der Waals surface area contributed by atoms with E-state index in [0.717, 1.165) is 36.3 Å². The minimum Gasteiger partial charge on any atom is -0.488 e. The van der Waals surface area contributed by atoms with Crippen molar-refractivity contribution in [1.29, 1.82) is 0 Å². The van der Waals surface area contributed by atoms with Gasteiger partial charge in [0, 0.05) is 24.3 Å². The van der Waals surface area contributed by atoms with E-state index in [1.807, 2.05) is 25.1 Å². The zero-order chi connectivity index (χ0) is 12.8. The fourth-order valence-electron chi connectivity index (χ4n) is 1.86. The first kappa shape index (κ1) is 13.3.